The number of sulfonamides is 1. The first-order valence-electron chi connectivity index (χ1n) is 7.38. The maximum absolute atomic E-state index is 12.2. The topological polar surface area (TPSA) is 89.3 Å². The van der Waals surface area contributed by atoms with Crippen molar-refractivity contribution in [2.75, 3.05) is 6.54 Å². The number of hydrogen-bond acceptors (Lipinski definition) is 3. The van der Waals surface area contributed by atoms with Crippen molar-refractivity contribution in [1.82, 2.24) is 4.72 Å². The Balaban J connectivity index is 1.92. The molecule has 0 saturated heterocycles. The third-order valence-corrected chi connectivity index (χ3v) is 4.92. The second kappa shape index (κ2) is 7.89. The number of nitrogens with one attached hydrogen (secondary N) is 1. The van der Waals surface area contributed by atoms with Gasteiger partial charge in [-0.05, 0) is 36.1 Å². The third kappa shape index (κ3) is 5.50. The Morgan fingerprint density at radius 2 is 1.52 bits per heavy atom. The summed E-state index contributed by atoms with van der Waals surface area (Å²) < 4.78 is 27.0. The minimum atomic E-state index is -3.52. The van der Waals surface area contributed by atoms with E-state index in [1.807, 2.05) is 30.3 Å². The molecule has 2 aromatic carbocycles. The lowest BCUT2D eigenvalue weighted by Crippen LogP contribution is -2.26. The molecule has 0 aliphatic heterocycles. The molecule has 0 atom stereocenters. The number of carbonyl (C=O) groups is 1. The Kier molecular flexibility index (Phi) is 5.90. The monoisotopic (exact) mass is 332 g/mol. The first-order chi connectivity index (χ1) is 11.0. The van der Waals surface area contributed by atoms with Crippen molar-refractivity contribution >= 4 is 15.9 Å². The standard InChI is InChI=1S/C17H20N2O3S/c18-17(20)11-8-15-6-9-16(10-7-15)23(21,22)19-13-12-14-4-2-1-3-5-14/h1-7,9-10,19H,8,11-13H2,(H2,18,20). The zero-order chi connectivity index (χ0) is 16.7. The van der Waals surface area contributed by atoms with E-state index in [2.05, 4.69) is 4.72 Å². The van der Waals surface area contributed by atoms with Gasteiger partial charge in [-0.2, -0.15) is 0 Å². The second-order valence-electron chi connectivity index (χ2n) is 5.24. The van der Waals surface area contributed by atoms with Gasteiger partial charge in [-0.3, -0.25) is 4.79 Å². The third-order valence-electron chi connectivity index (χ3n) is 3.44. The van der Waals surface area contributed by atoms with Crippen LogP contribution in [0.4, 0.5) is 0 Å². The molecule has 122 valence electrons. The first kappa shape index (κ1) is 17.2. The summed E-state index contributed by atoms with van der Waals surface area (Å²) in [5, 5.41) is 0. The minimum absolute atomic E-state index is 0.216. The van der Waals surface area contributed by atoms with E-state index in [0.717, 1.165) is 11.1 Å². The van der Waals surface area contributed by atoms with E-state index in [1.165, 1.54) is 0 Å². The van der Waals surface area contributed by atoms with Gasteiger partial charge in [0.05, 0.1) is 4.90 Å². The summed E-state index contributed by atoms with van der Waals surface area (Å²) in [5.74, 6) is -0.371. The average molecular weight is 332 g/mol. The van der Waals surface area contributed by atoms with Gasteiger partial charge in [0.2, 0.25) is 15.9 Å². The predicted octanol–water partition coefficient (Wildman–Crippen LogP) is 1.63. The lowest BCUT2D eigenvalue weighted by atomic mass is 10.1. The van der Waals surface area contributed by atoms with E-state index < -0.39 is 10.0 Å². The molecule has 3 N–H and O–H groups in total. The summed E-state index contributed by atoms with van der Waals surface area (Å²) >= 11 is 0. The molecule has 5 nitrogen and oxygen atoms in total. The molecule has 0 bridgehead atoms. The number of nitrogens with two attached hydrogens (primary N) is 1. The molecular weight excluding hydrogens is 312 g/mol. The molecule has 0 aromatic heterocycles. The van der Waals surface area contributed by atoms with Crippen LogP contribution in [0.1, 0.15) is 17.5 Å². The highest BCUT2D eigenvalue weighted by atomic mass is 32.2. The smallest absolute Gasteiger partial charge is 0.240 e. The summed E-state index contributed by atoms with van der Waals surface area (Å²) in [4.78, 5) is 11.0. The van der Waals surface area contributed by atoms with Crippen molar-refractivity contribution in [3.05, 3.63) is 65.7 Å². The van der Waals surface area contributed by atoms with Crippen LogP contribution < -0.4 is 10.5 Å². The molecular formula is C17H20N2O3S. The second-order valence-corrected chi connectivity index (χ2v) is 7.01. The molecule has 0 spiro atoms. The number of hydrogen-bond donors (Lipinski definition) is 2. The SMILES string of the molecule is NC(=O)CCc1ccc(S(=O)(=O)NCCc2ccccc2)cc1. The van der Waals surface area contributed by atoms with Gasteiger partial charge in [-0.15, -0.1) is 0 Å². The zero-order valence-corrected chi connectivity index (χ0v) is 13.6. The van der Waals surface area contributed by atoms with E-state index in [-0.39, 0.29) is 17.2 Å². The van der Waals surface area contributed by atoms with Gasteiger partial charge >= 0.3 is 0 Å². The number of primary amides is 1. The number of benzene rings is 2. The van der Waals surface area contributed by atoms with Crippen molar-refractivity contribution in [2.24, 2.45) is 5.73 Å². The summed E-state index contributed by atoms with van der Waals surface area (Å²) in [6.45, 7) is 0.343. The lowest BCUT2D eigenvalue weighted by Gasteiger charge is -2.08. The fourth-order valence-electron chi connectivity index (χ4n) is 2.16. The minimum Gasteiger partial charge on any atom is -0.370 e. The van der Waals surface area contributed by atoms with Crippen molar-refractivity contribution in [1.29, 1.82) is 0 Å². The lowest BCUT2D eigenvalue weighted by molar-refractivity contribution is -0.117. The van der Waals surface area contributed by atoms with Crippen LogP contribution in [0.15, 0.2) is 59.5 Å². The number of aryl methyl sites for hydroxylation is 1. The van der Waals surface area contributed by atoms with Crippen molar-refractivity contribution in [3.8, 4) is 0 Å². The highest BCUT2D eigenvalue weighted by molar-refractivity contribution is 7.89. The molecule has 1 amide bonds. The number of carbonyl (C=O) groups excluding carboxylic acids is 1. The summed E-state index contributed by atoms with van der Waals surface area (Å²) in [5.41, 5.74) is 7.06. The molecule has 0 aliphatic carbocycles. The van der Waals surface area contributed by atoms with Crippen LogP contribution in [0.2, 0.25) is 0 Å². The highest BCUT2D eigenvalue weighted by Gasteiger charge is 2.13. The summed E-state index contributed by atoms with van der Waals surface area (Å²) in [6, 6.07) is 16.2. The van der Waals surface area contributed by atoms with Crippen LogP contribution in [0.5, 0.6) is 0 Å². The number of rotatable bonds is 8. The largest absolute Gasteiger partial charge is 0.370 e. The first-order valence-corrected chi connectivity index (χ1v) is 8.86. The molecule has 2 aromatic rings. The molecule has 23 heavy (non-hydrogen) atoms. The normalized spacial score (nSPS) is 11.3. The Morgan fingerprint density at radius 1 is 0.913 bits per heavy atom. The molecule has 0 radical (unpaired) electrons. The van der Waals surface area contributed by atoms with Crippen molar-refractivity contribution in [3.63, 3.8) is 0 Å². The molecule has 0 saturated carbocycles. The Morgan fingerprint density at radius 3 is 2.13 bits per heavy atom. The quantitative estimate of drug-likeness (QED) is 0.770. The zero-order valence-electron chi connectivity index (χ0n) is 12.7. The Labute approximate surface area is 136 Å². The predicted molar refractivity (Wildman–Crippen MR) is 89.3 cm³/mol. The average Bonchev–Trinajstić information content (AvgIpc) is 2.54. The van der Waals surface area contributed by atoms with Gasteiger partial charge in [-0.1, -0.05) is 42.5 Å². The van der Waals surface area contributed by atoms with Gasteiger partial charge in [0, 0.05) is 13.0 Å². The highest BCUT2D eigenvalue weighted by Crippen LogP contribution is 2.12. The maximum Gasteiger partial charge on any atom is 0.240 e. The fraction of sp³-hybridized carbons (Fsp3) is 0.235. The van der Waals surface area contributed by atoms with E-state index in [9.17, 15) is 13.2 Å². The van der Waals surface area contributed by atoms with E-state index >= 15 is 0 Å². The van der Waals surface area contributed by atoms with Crippen LogP contribution >= 0.6 is 0 Å². The van der Waals surface area contributed by atoms with Gasteiger partial charge in [0.1, 0.15) is 0 Å². The molecule has 0 fully saturated rings. The van der Waals surface area contributed by atoms with Crippen LogP contribution in [0.3, 0.4) is 0 Å². The summed E-state index contributed by atoms with van der Waals surface area (Å²) in [7, 11) is -3.52. The number of amides is 1. The van der Waals surface area contributed by atoms with E-state index in [4.69, 9.17) is 5.73 Å². The van der Waals surface area contributed by atoms with Crippen molar-refractivity contribution in [2.45, 2.75) is 24.2 Å². The Hall–Kier alpha value is -2.18. The van der Waals surface area contributed by atoms with Gasteiger partial charge in [-0.25, -0.2) is 13.1 Å². The molecule has 2 rings (SSSR count). The van der Waals surface area contributed by atoms with Crippen LogP contribution in [-0.2, 0) is 27.7 Å². The fourth-order valence-corrected chi connectivity index (χ4v) is 3.19. The molecule has 0 heterocycles. The van der Waals surface area contributed by atoms with Crippen molar-refractivity contribution < 1.29 is 13.2 Å². The van der Waals surface area contributed by atoms with Gasteiger partial charge in [0.15, 0.2) is 0 Å². The van der Waals surface area contributed by atoms with Gasteiger partial charge < -0.3 is 5.73 Å². The molecule has 0 aliphatic rings. The van der Waals surface area contributed by atoms with Crippen LogP contribution in [0, 0.1) is 0 Å². The van der Waals surface area contributed by atoms with Gasteiger partial charge in [0.25, 0.3) is 0 Å². The van der Waals surface area contributed by atoms with E-state index in [1.54, 1.807) is 24.3 Å². The van der Waals surface area contributed by atoms with Crippen LogP contribution in [-0.4, -0.2) is 20.9 Å². The molecule has 0 unspecified atom stereocenters. The van der Waals surface area contributed by atoms with E-state index in [0.29, 0.717) is 19.4 Å². The summed E-state index contributed by atoms with van der Waals surface area (Å²) in [6.07, 6.45) is 1.40. The maximum atomic E-state index is 12.2. The Bertz CT molecular complexity index is 741. The van der Waals surface area contributed by atoms with Crippen LogP contribution in [0.25, 0.3) is 0 Å². The molecule has 6 heteroatoms.